The zero-order valence-electron chi connectivity index (χ0n) is 17.2. The molecule has 11 nitrogen and oxygen atoms in total. The van der Waals surface area contributed by atoms with Crippen LogP contribution in [0.1, 0.15) is 24.5 Å². The maximum absolute atomic E-state index is 11.7. The highest BCUT2D eigenvalue weighted by atomic mass is 16.5. The van der Waals surface area contributed by atoms with Crippen molar-refractivity contribution in [3.8, 4) is 11.8 Å². The van der Waals surface area contributed by atoms with Gasteiger partial charge in [0.05, 0.1) is 24.1 Å². The molecule has 1 saturated carbocycles. The molecule has 4 N–H and O–H groups in total. The summed E-state index contributed by atoms with van der Waals surface area (Å²) in [5.74, 6) is 3.14. The zero-order valence-corrected chi connectivity index (χ0v) is 17.2. The van der Waals surface area contributed by atoms with Crippen LogP contribution < -0.4 is 20.5 Å². The van der Waals surface area contributed by atoms with Gasteiger partial charge in [-0.2, -0.15) is 15.1 Å². The second kappa shape index (κ2) is 7.68. The third kappa shape index (κ3) is 3.78. The summed E-state index contributed by atoms with van der Waals surface area (Å²) in [6, 6.07) is 9.27. The van der Waals surface area contributed by atoms with E-state index in [-0.39, 0.29) is 11.6 Å². The molecule has 0 bridgehead atoms. The molecule has 1 aromatic carbocycles. The predicted octanol–water partition coefficient (Wildman–Crippen LogP) is 2.62. The molecule has 32 heavy (non-hydrogen) atoms. The first-order valence-electron chi connectivity index (χ1n) is 10.6. The Labute approximate surface area is 182 Å². The molecule has 3 aromatic heterocycles. The highest BCUT2D eigenvalue weighted by Gasteiger charge is 2.25. The lowest BCUT2D eigenvalue weighted by molar-refractivity contribution is 0.122. The molecule has 0 radical (unpaired) electrons. The average Bonchev–Trinajstić information content (AvgIpc) is 3.46. The minimum atomic E-state index is -0.173. The lowest BCUT2D eigenvalue weighted by atomic mass is 10.2. The highest BCUT2D eigenvalue weighted by Crippen LogP contribution is 2.39. The van der Waals surface area contributed by atoms with Gasteiger partial charge in [-0.25, -0.2) is 0 Å². The van der Waals surface area contributed by atoms with E-state index in [1.165, 1.54) is 12.8 Å². The molecular weight excluding hydrogens is 412 g/mol. The molecule has 1 aliphatic carbocycles. The fraction of sp³-hybridized carbons (Fsp3) is 0.333. The molecule has 6 rings (SSSR count). The van der Waals surface area contributed by atoms with Crippen LogP contribution in [0.25, 0.3) is 10.9 Å². The van der Waals surface area contributed by atoms with Gasteiger partial charge >= 0.3 is 6.01 Å². The number of anilines is 3. The van der Waals surface area contributed by atoms with Crippen LogP contribution in [-0.4, -0.2) is 56.7 Å². The summed E-state index contributed by atoms with van der Waals surface area (Å²) in [7, 11) is 0. The molecular formula is C21H22N8O3. The Hall–Kier alpha value is -3.86. The first kappa shape index (κ1) is 18.9. The number of benzene rings is 1. The number of rotatable bonds is 6. The molecule has 1 aliphatic heterocycles. The van der Waals surface area contributed by atoms with E-state index < -0.39 is 0 Å². The third-order valence-electron chi connectivity index (χ3n) is 5.65. The van der Waals surface area contributed by atoms with Gasteiger partial charge in [-0.1, -0.05) is 0 Å². The van der Waals surface area contributed by atoms with Crippen LogP contribution in [-0.2, 0) is 4.74 Å². The van der Waals surface area contributed by atoms with Gasteiger partial charge in [0.25, 0.3) is 5.56 Å². The molecule has 1 saturated heterocycles. The Morgan fingerprint density at radius 3 is 2.78 bits per heavy atom. The molecule has 0 amide bonds. The van der Waals surface area contributed by atoms with E-state index in [1.807, 2.05) is 12.1 Å². The van der Waals surface area contributed by atoms with Crippen LogP contribution in [0.4, 0.5) is 17.5 Å². The van der Waals surface area contributed by atoms with Crippen molar-refractivity contribution in [2.24, 2.45) is 0 Å². The van der Waals surface area contributed by atoms with Crippen LogP contribution >= 0.6 is 0 Å². The first-order valence-corrected chi connectivity index (χ1v) is 10.6. The fourth-order valence-corrected chi connectivity index (χ4v) is 3.80. The van der Waals surface area contributed by atoms with Crippen molar-refractivity contribution in [3.05, 3.63) is 46.4 Å². The maximum Gasteiger partial charge on any atom is 0.325 e. The Morgan fingerprint density at radius 2 is 1.94 bits per heavy atom. The van der Waals surface area contributed by atoms with Crippen LogP contribution in [0, 0.1) is 0 Å². The Bertz CT molecular complexity index is 1320. The minimum absolute atomic E-state index is 0.173. The summed E-state index contributed by atoms with van der Waals surface area (Å²) >= 11 is 0. The summed E-state index contributed by atoms with van der Waals surface area (Å²) in [5, 5.41) is 16.7. The zero-order chi connectivity index (χ0) is 21.5. The number of morpholine rings is 1. The summed E-state index contributed by atoms with van der Waals surface area (Å²) in [4.78, 5) is 23.0. The SMILES string of the molecule is O=c1[nH][nH]c2cc(Oc3nc(Nc4cc(C5CC5)[nH]n4)cc(N4CCOCC4)n3)ccc12. The number of ether oxygens (including phenoxy) is 2. The van der Waals surface area contributed by atoms with Crippen LogP contribution in [0.5, 0.6) is 11.8 Å². The number of aromatic nitrogens is 6. The van der Waals surface area contributed by atoms with E-state index >= 15 is 0 Å². The molecule has 0 spiro atoms. The average molecular weight is 434 g/mol. The number of aromatic amines is 3. The topological polar surface area (TPSA) is 137 Å². The molecule has 164 valence electrons. The number of fused-ring (bicyclic) bond motifs is 1. The molecule has 4 heterocycles. The Kier molecular flexibility index (Phi) is 4.53. The van der Waals surface area contributed by atoms with Gasteiger partial charge in [-0.05, 0) is 25.0 Å². The van der Waals surface area contributed by atoms with E-state index in [4.69, 9.17) is 9.47 Å². The number of nitrogens with one attached hydrogen (secondary N) is 4. The van der Waals surface area contributed by atoms with E-state index in [9.17, 15) is 4.79 Å². The second-order valence-electron chi connectivity index (χ2n) is 7.99. The summed E-state index contributed by atoms with van der Waals surface area (Å²) < 4.78 is 11.4. The van der Waals surface area contributed by atoms with Gasteiger partial charge in [-0.3, -0.25) is 20.1 Å². The van der Waals surface area contributed by atoms with Crippen LogP contribution in [0.2, 0.25) is 0 Å². The predicted molar refractivity (Wildman–Crippen MR) is 118 cm³/mol. The number of H-pyrrole nitrogens is 3. The molecule has 4 aromatic rings. The van der Waals surface area contributed by atoms with E-state index in [0.29, 0.717) is 47.4 Å². The maximum atomic E-state index is 11.7. The largest absolute Gasteiger partial charge is 0.424 e. The van der Waals surface area contributed by atoms with E-state index in [2.05, 4.69) is 40.6 Å². The van der Waals surface area contributed by atoms with Gasteiger partial charge in [0, 0.05) is 42.9 Å². The quantitative estimate of drug-likeness (QED) is 0.363. The summed E-state index contributed by atoms with van der Waals surface area (Å²) in [5.41, 5.74) is 1.62. The molecule has 2 fully saturated rings. The van der Waals surface area contributed by atoms with Crippen molar-refractivity contribution in [2.75, 3.05) is 36.5 Å². The standard InChI is InChI=1S/C21H22N8O3/c30-20-14-4-3-13(9-16(14)26-28-20)32-21-23-17(11-19(24-21)29-5-7-31-8-6-29)22-18-10-15(25-27-18)12-1-2-12/h3-4,9-12H,1-2,5-8H2,(H2,26,28,30)(H2,22,23,24,25,27). The van der Waals surface area contributed by atoms with Gasteiger partial charge in [0.15, 0.2) is 5.82 Å². The lowest BCUT2D eigenvalue weighted by Gasteiger charge is -2.28. The summed E-state index contributed by atoms with van der Waals surface area (Å²) in [6.45, 7) is 2.76. The van der Waals surface area contributed by atoms with Gasteiger partial charge < -0.3 is 19.7 Å². The summed E-state index contributed by atoms with van der Waals surface area (Å²) in [6.07, 6.45) is 2.40. The van der Waals surface area contributed by atoms with E-state index in [1.54, 1.807) is 18.2 Å². The molecule has 2 aliphatic rings. The second-order valence-corrected chi connectivity index (χ2v) is 7.99. The number of hydrogen-bond donors (Lipinski definition) is 4. The third-order valence-corrected chi connectivity index (χ3v) is 5.65. The van der Waals surface area contributed by atoms with Gasteiger partial charge in [-0.15, -0.1) is 0 Å². The number of hydrogen-bond acceptors (Lipinski definition) is 8. The minimum Gasteiger partial charge on any atom is -0.424 e. The molecule has 11 heteroatoms. The van der Waals surface area contributed by atoms with Crippen molar-refractivity contribution >= 4 is 28.4 Å². The van der Waals surface area contributed by atoms with Crippen LogP contribution in [0.3, 0.4) is 0 Å². The van der Waals surface area contributed by atoms with Crippen molar-refractivity contribution in [2.45, 2.75) is 18.8 Å². The van der Waals surface area contributed by atoms with Gasteiger partial charge in [0.2, 0.25) is 0 Å². The van der Waals surface area contributed by atoms with Gasteiger partial charge in [0.1, 0.15) is 17.4 Å². The Morgan fingerprint density at radius 1 is 1.06 bits per heavy atom. The van der Waals surface area contributed by atoms with Crippen molar-refractivity contribution in [1.29, 1.82) is 0 Å². The smallest absolute Gasteiger partial charge is 0.325 e. The van der Waals surface area contributed by atoms with Crippen molar-refractivity contribution < 1.29 is 9.47 Å². The highest BCUT2D eigenvalue weighted by molar-refractivity contribution is 5.79. The van der Waals surface area contributed by atoms with Crippen molar-refractivity contribution in [3.63, 3.8) is 0 Å². The molecule has 0 unspecified atom stereocenters. The normalized spacial score (nSPS) is 16.4. The fourth-order valence-electron chi connectivity index (χ4n) is 3.80. The number of nitrogens with zero attached hydrogens (tertiary/aromatic N) is 4. The Balaban J connectivity index is 1.31. The lowest BCUT2D eigenvalue weighted by Crippen LogP contribution is -2.36. The monoisotopic (exact) mass is 434 g/mol. The van der Waals surface area contributed by atoms with Crippen LogP contribution in [0.15, 0.2) is 35.1 Å². The molecule has 0 atom stereocenters. The first-order chi connectivity index (χ1) is 15.7. The van der Waals surface area contributed by atoms with Crippen molar-refractivity contribution in [1.82, 2.24) is 30.4 Å². The van der Waals surface area contributed by atoms with E-state index in [0.717, 1.165) is 24.6 Å².